The van der Waals surface area contributed by atoms with Gasteiger partial charge in [0.2, 0.25) is 10.0 Å². The molecule has 0 heterocycles. The summed E-state index contributed by atoms with van der Waals surface area (Å²) in [5, 5.41) is 5.25. The quantitative estimate of drug-likeness (QED) is 0.835. The summed E-state index contributed by atoms with van der Waals surface area (Å²) in [5.74, 6) is 0.757. The van der Waals surface area contributed by atoms with E-state index in [9.17, 15) is 8.42 Å². The number of nitrogens with two attached hydrogens (primary N) is 1. The average molecular weight is 314 g/mol. The Bertz CT molecular complexity index is 593. The second-order valence-electron chi connectivity index (χ2n) is 5.19. The Kier molecular flexibility index (Phi) is 6.19. The molecule has 0 aliphatic carbocycles. The maximum Gasteiger partial charge on any atom is 0.238 e. The van der Waals surface area contributed by atoms with Gasteiger partial charge in [0, 0.05) is 6.54 Å². The number of primary sulfonamides is 1. The van der Waals surface area contributed by atoms with Gasteiger partial charge >= 0.3 is 0 Å². The Hall–Kier alpha value is -1.11. The number of benzene rings is 1. The SMILES string of the molecule is CCN(CC)CCOc1c(C)cc(S(N)(=O)=O)c(C)c1C. The van der Waals surface area contributed by atoms with Crippen LogP contribution in [-0.4, -0.2) is 39.6 Å². The Labute approximate surface area is 128 Å². The minimum atomic E-state index is -3.70. The zero-order valence-electron chi connectivity index (χ0n) is 13.6. The first kappa shape index (κ1) is 17.9. The van der Waals surface area contributed by atoms with Crippen molar-refractivity contribution in [2.24, 2.45) is 5.14 Å². The highest BCUT2D eigenvalue weighted by molar-refractivity contribution is 7.89. The van der Waals surface area contributed by atoms with Crippen molar-refractivity contribution < 1.29 is 13.2 Å². The van der Waals surface area contributed by atoms with Gasteiger partial charge in [-0.2, -0.15) is 0 Å². The average Bonchev–Trinajstić information content (AvgIpc) is 2.41. The fourth-order valence-corrected chi connectivity index (χ4v) is 3.28. The lowest BCUT2D eigenvalue weighted by atomic mass is 10.1. The van der Waals surface area contributed by atoms with Gasteiger partial charge in [-0.05, 0) is 56.6 Å². The standard InChI is InChI=1S/C15H26N2O3S/c1-6-17(7-2)8-9-20-15-11(3)10-14(21(16,18)19)12(4)13(15)5/h10H,6-9H2,1-5H3,(H2,16,18,19). The second-order valence-corrected chi connectivity index (χ2v) is 6.72. The van der Waals surface area contributed by atoms with Crippen LogP contribution in [0.15, 0.2) is 11.0 Å². The Morgan fingerprint density at radius 2 is 1.71 bits per heavy atom. The van der Waals surface area contributed by atoms with Crippen molar-refractivity contribution in [3.8, 4) is 5.75 Å². The Morgan fingerprint density at radius 1 is 1.14 bits per heavy atom. The third-order valence-corrected chi connectivity index (χ3v) is 4.87. The monoisotopic (exact) mass is 314 g/mol. The van der Waals surface area contributed by atoms with E-state index in [-0.39, 0.29) is 4.90 Å². The highest BCUT2D eigenvalue weighted by Gasteiger charge is 2.18. The van der Waals surface area contributed by atoms with E-state index in [1.54, 1.807) is 13.0 Å². The number of hydrogen-bond acceptors (Lipinski definition) is 4. The number of nitrogens with zero attached hydrogens (tertiary/aromatic N) is 1. The Morgan fingerprint density at radius 3 is 2.19 bits per heavy atom. The molecule has 0 unspecified atom stereocenters. The predicted octanol–water partition coefficient (Wildman–Crippen LogP) is 1.98. The first-order chi connectivity index (χ1) is 9.72. The van der Waals surface area contributed by atoms with Crippen LogP contribution in [0.25, 0.3) is 0 Å². The molecule has 0 spiro atoms. The van der Waals surface area contributed by atoms with Gasteiger partial charge in [0.05, 0.1) is 4.90 Å². The van der Waals surface area contributed by atoms with E-state index >= 15 is 0 Å². The van der Waals surface area contributed by atoms with Crippen LogP contribution in [0.3, 0.4) is 0 Å². The molecule has 6 heteroatoms. The number of hydrogen-bond donors (Lipinski definition) is 1. The molecule has 5 nitrogen and oxygen atoms in total. The molecule has 1 rings (SSSR count). The molecule has 0 amide bonds. The zero-order valence-corrected chi connectivity index (χ0v) is 14.4. The summed E-state index contributed by atoms with van der Waals surface area (Å²) in [6.45, 7) is 13.1. The molecule has 0 radical (unpaired) electrons. The lowest BCUT2D eigenvalue weighted by Gasteiger charge is -2.20. The highest BCUT2D eigenvalue weighted by Crippen LogP contribution is 2.30. The summed E-state index contributed by atoms with van der Waals surface area (Å²) in [6, 6.07) is 1.59. The summed E-state index contributed by atoms with van der Waals surface area (Å²) >= 11 is 0. The summed E-state index contributed by atoms with van der Waals surface area (Å²) in [6.07, 6.45) is 0. The van der Waals surface area contributed by atoms with Gasteiger partial charge in [-0.1, -0.05) is 13.8 Å². The molecular weight excluding hydrogens is 288 g/mol. The molecule has 0 saturated carbocycles. The van der Waals surface area contributed by atoms with Crippen molar-refractivity contribution in [2.75, 3.05) is 26.2 Å². The van der Waals surface area contributed by atoms with E-state index in [0.29, 0.717) is 12.2 Å². The van der Waals surface area contributed by atoms with Crippen molar-refractivity contribution in [1.82, 2.24) is 4.90 Å². The molecule has 0 bridgehead atoms. The largest absolute Gasteiger partial charge is 0.492 e. The number of aryl methyl sites for hydroxylation is 1. The van der Waals surface area contributed by atoms with Gasteiger partial charge in [-0.3, -0.25) is 0 Å². The molecule has 0 aliphatic rings. The van der Waals surface area contributed by atoms with Gasteiger partial charge in [-0.15, -0.1) is 0 Å². The number of likely N-dealkylation sites (N-methyl/N-ethyl adjacent to an activating group) is 1. The fraction of sp³-hybridized carbons (Fsp3) is 0.600. The lowest BCUT2D eigenvalue weighted by molar-refractivity contribution is 0.221. The van der Waals surface area contributed by atoms with Crippen LogP contribution in [0.4, 0.5) is 0 Å². The fourth-order valence-electron chi connectivity index (χ4n) is 2.36. The highest BCUT2D eigenvalue weighted by atomic mass is 32.2. The van der Waals surface area contributed by atoms with Crippen LogP contribution in [-0.2, 0) is 10.0 Å². The zero-order chi connectivity index (χ0) is 16.2. The van der Waals surface area contributed by atoms with E-state index in [1.807, 2.05) is 13.8 Å². The number of rotatable bonds is 7. The van der Waals surface area contributed by atoms with Crippen LogP contribution in [0.5, 0.6) is 5.75 Å². The molecule has 0 atom stereocenters. The van der Waals surface area contributed by atoms with Gasteiger partial charge in [0.15, 0.2) is 0 Å². The maximum absolute atomic E-state index is 11.6. The van der Waals surface area contributed by atoms with Gasteiger partial charge in [0.1, 0.15) is 12.4 Å². The molecule has 0 fully saturated rings. The van der Waals surface area contributed by atoms with E-state index < -0.39 is 10.0 Å². The third kappa shape index (κ3) is 4.43. The first-order valence-electron chi connectivity index (χ1n) is 7.21. The third-order valence-electron chi connectivity index (χ3n) is 3.83. The van der Waals surface area contributed by atoms with Crippen molar-refractivity contribution in [1.29, 1.82) is 0 Å². The van der Waals surface area contributed by atoms with Crippen LogP contribution in [0, 0.1) is 20.8 Å². The summed E-state index contributed by atoms with van der Waals surface area (Å²) in [5.41, 5.74) is 2.28. The Balaban J connectivity index is 2.98. The van der Waals surface area contributed by atoms with Crippen LogP contribution in [0.1, 0.15) is 30.5 Å². The van der Waals surface area contributed by atoms with Crippen molar-refractivity contribution >= 4 is 10.0 Å². The van der Waals surface area contributed by atoms with Crippen molar-refractivity contribution in [2.45, 2.75) is 39.5 Å². The topological polar surface area (TPSA) is 72.6 Å². The van der Waals surface area contributed by atoms with Gasteiger partial charge in [-0.25, -0.2) is 13.6 Å². The maximum atomic E-state index is 11.6. The molecule has 120 valence electrons. The predicted molar refractivity (Wildman–Crippen MR) is 85.3 cm³/mol. The van der Waals surface area contributed by atoms with Gasteiger partial charge in [0.25, 0.3) is 0 Å². The molecule has 2 N–H and O–H groups in total. The van der Waals surface area contributed by atoms with Crippen molar-refractivity contribution in [3.63, 3.8) is 0 Å². The van der Waals surface area contributed by atoms with Crippen LogP contribution >= 0.6 is 0 Å². The molecule has 0 saturated heterocycles. The first-order valence-corrected chi connectivity index (χ1v) is 8.75. The number of sulfonamides is 1. The van der Waals surface area contributed by atoms with Crippen molar-refractivity contribution in [3.05, 3.63) is 22.8 Å². The molecule has 21 heavy (non-hydrogen) atoms. The van der Waals surface area contributed by atoms with E-state index in [1.165, 1.54) is 0 Å². The number of ether oxygens (including phenoxy) is 1. The van der Waals surface area contributed by atoms with Gasteiger partial charge < -0.3 is 9.64 Å². The van der Waals surface area contributed by atoms with E-state index in [2.05, 4.69) is 18.7 Å². The molecule has 1 aromatic rings. The molecular formula is C15H26N2O3S. The molecule has 0 aliphatic heterocycles. The molecule has 0 aromatic heterocycles. The van der Waals surface area contributed by atoms with E-state index in [0.717, 1.165) is 36.5 Å². The minimum absolute atomic E-state index is 0.175. The smallest absolute Gasteiger partial charge is 0.238 e. The second kappa shape index (κ2) is 7.24. The normalized spacial score (nSPS) is 12.0. The van der Waals surface area contributed by atoms with Crippen LogP contribution in [0.2, 0.25) is 0 Å². The minimum Gasteiger partial charge on any atom is -0.492 e. The van der Waals surface area contributed by atoms with Crippen LogP contribution < -0.4 is 9.88 Å². The summed E-state index contributed by atoms with van der Waals surface area (Å²) in [4.78, 5) is 2.45. The molecule has 1 aromatic carbocycles. The lowest BCUT2D eigenvalue weighted by Crippen LogP contribution is -2.28. The van der Waals surface area contributed by atoms with E-state index in [4.69, 9.17) is 9.88 Å². The summed E-state index contributed by atoms with van der Waals surface area (Å²) in [7, 11) is -3.70. The summed E-state index contributed by atoms with van der Waals surface area (Å²) < 4.78 is 29.0.